The topological polar surface area (TPSA) is 102 Å². The Hall–Kier alpha value is -2.87. The zero-order valence-corrected chi connectivity index (χ0v) is 17.1. The number of rotatable bonds is 7. The third kappa shape index (κ3) is 4.69. The molecule has 0 aliphatic heterocycles. The van der Waals surface area contributed by atoms with E-state index in [2.05, 4.69) is 5.32 Å². The highest BCUT2D eigenvalue weighted by Crippen LogP contribution is 2.34. The molecule has 1 amide bonds. The second-order valence-electron chi connectivity index (χ2n) is 6.02. The summed E-state index contributed by atoms with van der Waals surface area (Å²) in [7, 11) is 0. The predicted octanol–water partition coefficient (Wildman–Crippen LogP) is 3.61. The standard InChI is InChI=1S/C20H23NO6S/c1-5-14-12(4)16(20(25)26-6-2)18(28-14)21-15(22)10-27-19(24)13-9-7-8-11(3)17(13)23/h7-9,23H,5-6,10H2,1-4H3,(H,21,22). The molecule has 0 fully saturated rings. The van der Waals surface area contributed by atoms with Crippen molar-refractivity contribution in [3.05, 3.63) is 45.3 Å². The molecule has 1 aromatic heterocycles. The first-order valence-corrected chi connectivity index (χ1v) is 9.66. The van der Waals surface area contributed by atoms with E-state index >= 15 is 0 Å². The van der Waals surface area contributed by atoms with Crippen LogP contribution in [0.4, 0.5) is 5.00 Å². The van der Waals surface area contributed by atoms with E-state index in [0.717, 1.165) is 10.4 Å². The maximum Gasteiger partial charge on any atom is 0.342 e. The first kappa shape index (κ1) is 21.4. The van der Waals surface area contributed by atoms with Gasteiger partial charge in [0.05, 0.1) is 12.2 Å². The Bertz CT molecular complexity index is 902. The Balaban J connectivity index is 2.10. The molecule has 0 radical (unpaired) electrons. The lowest BCUT2D eigenvalue weighted by molar-refractivity contribution is -0.119. The van der Waals surface area contributed by atoms with Gasteiger partial charge >= 0.3 is 11.9 Å². The largest absolute Gasteiger partial charge is 0.507 e. The zero-order valence-electron chi connectivity index (χ0n) is 16.3. The van der Waals surface area contributed by atoms with Gasteiger partial charge in [0.1, 0.15) is 16.3 Å². The van der Waals surface area contributed by atoms with E-state index in [1.165, 1.54) is 17.4 Å². The summed E-state index contributed by atoms with van der Waals surface area (Å²) in [5.74, 6) is -2.08. The summed E-state index contributed by atoms with van der Waals surface area (Å²) in [4.78, 5) is 37.5. The number of anilines is 1. The highest BCUT2D eigenvalue weighted by atomic mass is 32.1. The number of benzene rings is 1. The molecule has 28 heavy (non-hydrogen) atoms. The number of aromatic hydroxyl groups is 1. The molecule has 0 saturated heterocycles. The van der Waals surface area contributed by atoms with Crippen molar-refractivity contribution in [2.75, 3.05) is 18.5 Å². The van der Waals surface area contributed by atoms with Gasteiger partial charge in [-0.2, -0.15) is 0 Å². The number of aryl methyl sites for hydroxylation is 2. The number of thiophene rings is 1. The summed E-state index contributed by atoms with van der Waals surface area (Å²) in [5.41, 5.74) is 1.60. The fraction of sp³-hybridized carbons (Fsp3) is 0.350. The molecule has 1 aromatic carbocycles. The van der Waals surface area contributed by atoms with Gasteiger partial charge in [-0.15, -0.1) is 11.3 Å². The number of para-hydroxylation sites is 1. The minimum absolute atomic E-state index is 0.0137. The third-order valence-electron chi connectivity index (χ3n) is 4.09. The fourth-order valence-electron chi connectivity index (χ4n) is 2.63. The van der Waals surface area contributed by atoms with Crippen LogP contribution in [0.15, 0.2) is 18.2 Å². The smallest absolute Gasteiger partial charge is 0.342 e. The molecule has 0 saturated carbocycles. The number of esters is 2. The van der Waals surface area contributed by atoms with E-state index in [0.29, 0.717) is 22.5 Å². The van der Waals surface area contributed by atoms with Crippen LogP contribution >= 0.6 is 11.3 Å². The maximum atomic E-state index is 12.2. The molecule has 150 valence electrons. The lowest BCUT2D eigenvalue weighted by Gasteiger charge is -2.09. The lowest BCUT2D eigenvalue weighted by atomic mass is 10.1. The Morgan fingerprint density at radius 1 is 1.11 bits per heavy atom. The normalized spacial score (nSPS) is 10.4. The number of hydrogen-bond acceptors (Lipinski definition) is 7. The molecule has 0 aliphatic carbocycles. The van der Waals surface area contributed by atoms with Crippen molar-refractivity contribution in [2.24, 2.45) is 0 Å². The van der Waals surface area contributed by atoms with E-state index in [-0.39, 0.29) is 17.9 Å². The Labute approximate surface area is 167 Å². The Morgan fingerprint density at radius 3 is 2.46 bits per heavy atom. The minimum Gasteiger partial charge on any atom is -0.507 e. The zero-order chi connectivity index (χ0) is 20.8. The Kier molecular flexibility index (Phi) is 7.17. The summed E-state index contributed by atoms with van der Waals surface area (Å²) in [6.45, 7) is 6.79. The molecular weight excluding hydrogens is 382 g/mol. The minimum atomic E-state index is -0.807. The SMILES string of the molecule is CCOC(=O)c1c(NC(=O)COC(=O)c2cccc(C)c2O)sc(CC)c1C. The van der Waals surface area contributed by atoms with Crippen LogP contribution in [0.1, 0.15) is 50.6 Å². The number of hydrogen-bond donors (Lipinski definition) is 2. The third-order valence-corrected chi connectivity index (χ3v) is 5.44. The molecule has 8 heteroatoms. The van der Waals surface area contributed by atoms with E-state index in [1.807, 2.05) is 6.92 Å². The summed E-state index contributed by atoms with van der Waals surface area (Å²) in [6.07, 6.45) is 0.709. The molecule has 2 aromatic rings. The lowest BCUT2D eigenvalue weighted by Crippen LogP contribution is -2.22. The van der Waals surface area contributed by atoms with Crippen LogP contribution in [0.3, 0.4) is 0 Å². The summed E-state index contributed by atoms with van der Waals surface area (Å²) in [6, 6.07) is 4.68. The molecule has 0 atom stereocenters. The van der Waals surface area contributed by atoms with Gasteiger partial charge in [0, 0.05) is 4.88 Å². The number of ether oxygens (including phenoxy) is 2. The van der Waals surface area contributed by atoms with Crippen LogP contribution in [-0.2, 0) is 20.7 Å². The molecule has 2 N–H and O–H groups in total. The number of phenols is 1. The molecule has 1 heterocycles. The number of amides is 1. The molecule has 0 aliphatic rings. The van der Waals surface area contributed by atoms with Crippen LogP contribution in [-0.4, -0.2) is 36.2 Å². The maximum absolute atomic E-state index is 12.2. The first-order chi connectivity index (χ1) is 13.3. The molecule has 0 spiro atoms. The van der Waals surface area contributed by atoms with Gasteiger partial charge in [-0.05, 0) is 44.4 Å². The molecule has 0 bridgehead atoms. The van der Waals surface area contributed by atoms with Crippen LogP contribution in [0.25, 0.3) is 0 Å². The van der Waals surface area contributed by atoms with E-state index < -0.39 is 24.5 Å². The summed E-state index contributed by atoms with van der Waals surface area (Å²) < 4.78 is 10.1. The number of carbonyl (C=O) groups is 3. The van der Waals surface area contributed by atoms with E-state index in [9.17, 15) is 19.5 Å². The summed E-state index contributed by atoms with van der Waals surface area (Å²) in [5, 5.41) is 12.9. The first-order valence-electron chi connectivity index (χ1n) is 8.85. The van der Waals surface area contributed by atoms with Crippen molar-refractivity contribution in [2.45, 2.75) is 34.1 Å². The van der Waals surface area contributed by atoms with Crippen LogP contribution < -0.4 is 5.32 Å². The molecule has 7 nitrogen and oxygen atoms in total. The van der Waals surface area contributed by atoms with Crippen LogP contribution in [0, 0.1) is 13.8 Å². The van der Waals surface area contributed by atoms with Crippen molar-refractivity contribution in [1.29, 1.82) is 0 Å². The van der Waals surface area contributed by atoms with Crippen molar-refractivity contribution in [1.82, 2.24) is 0 Å². The van der Waals surface area contributed by atoms with Crippen LogP contribution in [0.2, 0.25) is 0 Å². The highest BCUT2D eigenvalue weighted by Gasteiger charge is 2.23. The van der Waals surface area contributed by atoms with Crippen LogP contribution in [0.5, 0.6) is 5.75 Å². The quantitative estimate of drug-likeness (QED) is 0.683. The van der Waals surface area contributed by atoms with Crippen molar-refractivity contribution >= 4 is 34.2 Å². The van der Waals surface area contributed by atoms with Crippen molar-refractivity contribution < 1.29 is 29.0 Å². The molecule has 2 rings (SSSR count). The van der Waals surface area contributed by atoms with E-state index in [1.54, 1.807) is 32.9 Å². The Morgan fingerprint density at radius 2 is 1.82 bits per heavy atom. The van der Waals surface area contributed by atoms with Gasteiger partial charge in [0.2, 0.25) is 0 Å². The number of nitrogens with one attached hydrogen (secondary N) is 1. The van der Waals surface area contributed by atoms with Gasteiger partial charge in [-0.25, -0.2) is 9.59 Å². The average molecular weight is 405 g/mol. The van der Waals surface area contributed by atoms with Gasteiger partial charge in [-0.3, -0.25) is 4.79 Å². The second kappa shape index (κ2) is 9.36. The van der Waals surface area contributed by atoms with Gasteiger partial charge in [0.15, 0.2) is 6.61 Å². The van der Waals surface area contributed by atoms with Gasteiger partial charge in [0.25, 0.3) is 5.91 Å². The highest BCUT2D eigenvalue weighted by molar-refractivity contribution is 7.17. The molecule has 0 unspecified atom stereocenters. The summed E-state index contributed by atoms with van der Waals surface area (Å²) >= 11 is 1.29. The van der Waals surface area contributed by atoms with Crippen molar-refractivity contribution in [3.8, 4) is 5.75 Å². The average Bonchev–Trinajstić information content (AvgIpc) is 2.97. The second-order valence-corrected chi connectivity index (χ2v) is 7.13. The number of phenolic OH excluding ortho intramolecular Hbond substituents is 1. The monoisotopic (exact) mass is 405 g/mol. The molecular formula is C20H23NO6S. The number of carbonyl (C=O) groups excluding carboxylic acids is 3. The van der Waals surface area contributed by atoms with Crippen molar-refractivity contribution in [3.63, 3.8) is 0 Å². The van der Waals surface area contributed by atoms with E-state index in [4.69, 9.17) is 9.47 Å². The van der Waals surface area contributed by atoms with Gasteiger partial charge < -0.3 is 19.9 Å². The fourth-order valence-corrected chi connectivity index (χ4v) is 3.78. The van der Waals surface area contributed by atoms with Gasteiger partial charge in [-0.1, -0.05) is 19.1 Å². The predicted molar refractivity (Wildman–Crippen MR) is 106 cm³/mol.